The molecule has 19 heavy (non-hydrogen) atoms. The first-order chi connectivity index (χ1) is 9.33. The van der Waals surface area contributed by atoms with Crippen LogP contribution in [0.3, 0.4) is 0 Å². The minimum absolute atomic E-state index is 0.0372. The fraction of sp³-hybridized carbons (Fsp3) is 0.562. The van der Waals surface area contributed by atoms with Crippen molar-refractivity contribution in [2.75, 3.05) is 6.61 Å². The lowest BCUT2D eigenvalue weighted by atomic mass is 9.90. The molecule has 1 saturated heterocycles. The Kier molecular flexibility index (Phi) is 3.83. The minimum atomic E-state index is -0.224. The lowest BCUT2D eigenvalue weighted by Crippen LogP contribution is -2.33. The second-order valence-electron chi connectivity index (χ2n) is 5.53. The number of carbonyl (C=O) groups is 1. The molecule has 0 radical (unpaired) electrons. The van der Waals surface area contributed by atoms with Crippen molar-refractivity contribution in [1.29, 1.82) is 0 Å². The van der Waals surface area contributed by atoms with Crippen molar-refractivity contribution in [3.05, 3.63) is 34.9 Å². The largest absolute Gasteiger partial charge is 0.368 e. The Bertz CT molecular complexity index is 464. The van der Waals surface area contributed by atoms with Gasteiger partial charge in [0.1, 0.15) is 6.10 Å². The molecule has 1 N–H and O–H groups in total. The first kappa shape index (κ1) is 12.7. The molecule has 3 nitrogen and oxygen atoms in total. The smallest absolute Gasteiger partial charge is 0.249 e. The standard InChI is InChI=1S/C16H21NO2/c18-16(15-6-3-9-19-15)17-11-12-7-8-13-4-1-2-5-14(13)10-12/h7-8,10,15H,1-6,9,11H2,(H,17,18). The third kappa shape index (κ3) is 2.98. The highest BCUT2D eigenvalue weighted by atomic mass is 16.5. The summed E-state index contributed by atoms with van der Waals surface area (Å²) in [5.41, 5.74) is 4.16. The number of rotatable bonds is 3. The third-order valence-corrected chi connectivity index (χ3v) is 4.10. The minimum Gasteiger partial charge on any atom is -0.368 e. The van der Waals surface area contributed by atoms with Crippen molar-refractivity contribution in [2.24, 2.45) is 0 Å². The number of hydrogen-bond donors (Lipinski definition) is 1. The average Bonchev–Trinajstić information content (AvgIpc) is 2.99. The molecule has 0 aromatic heterocycles. The van der Waals surface area contributed by atoms with Gasteiger partial charge in [-0.1, -0.05) is 18.2 Å². The zero-order chi connectivity index (χ0) is 13.1. The van der Waals surface area contributed by atoms with E-state index in [0.717, 1.165) is 19.4 Å². The fourth-order valence-electron chi connectivity index (χ4n) is 2.98. The van der Waals surface area contributed by atoms with E-state index in [1.807, 2.05) is 0 Å². The zero-order valence-corrected chi connectivity index (χ0v) is 11.3. The number of aryl methyl sites for hydroxylation is 2. The molecule has 102 valence electrons. The topological polar surface area (TPSA) is 38.3 Å². The Hall–Kier alpha value is -1.35. The van der Waals surface area contributed by atoms with Gasteiger partial charge in [0, 0.05) is 13.2 Å². The van der Waals surface area contributed by atoms with Crippen LogP contribution in [-0.4, -0.2) is 18.6 Å². The van der Waals surface area contributed by atoms with Crippen molar-refractivity contribution < 1.29 is 9.53 Å². The third-order valence-electron chi connectivity index (χ3n) is 4.10. The van der Waals surface area contributed by atoms with Gasteiger partial charge in [-0.15, -0.1) is 0 Å². The molecule has 3 rings (SSSR count). The molecule has 1 amide bonds. The Morgan fingerprint density at radius 1 is 1.21 bits per heavy atom. The molecule has 0 bridgehead atoms. The molecule has 1 aromatic carbocycles. The maximum atomic E-state index is 11.9. The highest BCUT2D eigenvalue weighted by Gasteiger charge is 2.23. The van der Waals surface area contributed by atoms with E-state index in [1.165, 1.54) is 42.4 Å². The monoisotopic (exact) mass is 259 g/mol. The fourth-order valence-corrected chi connectivity index (χ4v) is 2.98. The Morgan fingerprint density at radius 2 is 2.05 bits per heavy atom. The SMILES string of the molecule is O=C(NCc1ccc2c(c1)CCCC2)C1CCCO1. The van der Waals surface area contributed by atoms with Crippen molar-refractivity contribution in [3.63, 3.8) is 0 Å². The van der Waals surface area contributed by atoms with Gasteiger partial charge in [0.2, 0.25) is 5.91 Å². The molecule has 1 aromatic rings. The van der Waals surface area contributed by atoms with Gasteiger partial charge in [0.05, 0.1) is 0 Å². The maximum Gasteiger partial charge on any atom is 0.249 e. The predicted molar refractivity (Wildman–Crippen MR) is 73.9 cm³/mol. The summed E-state index contributed by atoms with van der Waals surface area (Å²) in [6.45, 7) is 1.34. The second-order valence-corrected chi connectivity index (χ2v) is 5.53. The summed E-state index contributed by atoms with van der Waals surface area (Å²) < 4.78 is 5.38. The van der Waals surface area contributed by atoms with Crippen LogP contribution < -0.4 is 5.32 Å². The number of fused-ring (bicyclic) bond motifs is 1. The first-order valence-corrected chi connectivity index (χ1v) is 7.33. The van der Waals surface area contributed by atoms with E-state index in [2.05, 4.69) is 23.5 Å². The molecule has 0 spiro atoms. The van der Waals surface area contributed by atoms with Crippen molar-refractivity contribution in [3.8, 4) is 0 Å². The van der Waals surface area contributed by atoms with Crippen LogP contribution in [0.4, 0.5) is 0 Å². The maximum absolute atomic E-state index is 11.9. The Balaban J connectivity index is 1.59. The lowest BCUT2D eigenvalue weighted by Gasteiger charge is -2.17. The molecule has 2 aliphatic rings. The second kappa shape index (κ2) is 5.74. The van der Waals surface area contributed by atoms with Crippen LogP contribution >= 0.6 is 0 Å². The van der Waals surface area contributed by atoms with Gasteiger partial charge in [0.15, 0.2) is 0 Å². The molecule has 1 unspecified atom stereocenters. The Morgan fingerprint density at radius 3 is 2.84 bits per heavy atom. The number of carbonyl (C=O) groups excluding carboxylic acids is 1. The van der Waals surface area contributed by atoms with E-state index in [-0.39, 0.29) is 12.0 Å². The predicted octanol–water partition coefficient (Wildman–Crippen LogP) is 2.36. The number of amides is 1. The van der Waals surface area contributed by atoms with Crippen LogP contribution in [0.5, 0.6) is 0 Å². The molecule has 0 saturated carbocycles. The Labute approximate surface area is 114 Å². The van der Waals surface area contributed by atoms with Crippen LogP contribution in [0.1, 0.15) is 42.4 Å². The van der Waals surface area contributed by atoms with Gasteiger partial charge in [0.25, 0.3) is 0 Å². The first-order valence-electron chi connectivity index (χ1n) is 7.33. The number of benzene rings is 1. The summed E-state index contributed by atoms with van der Waals surface area (Å²) in [5.74, 6) is 0.0372. The van der Waals surface area contributed by atoms with E-state index < -0.39 is 0 Å². The van der Waals surface area contributed by atoms with Crippen molar-refractivity contribution in [2.45, 2.75) is 51.2 Å². The van der Waals surface area contributed by atoms with Crippen LogP contribution in [0, 0.1) is 0 Å². The molecule has 1 aliphatic heterocycles. The van der Waals surface area contributed by atoms with Gasteiger partial charge in [-0.2, -0.15) is 0 Å². The van der Waals surface area contributed by atoms with E-state index in [1.54, 1.807) is 0 Å². The van der Waals surface area contributed by atoms with Gasteiger partial charge >= 0.3 is 0 Å². The van der Waals surface area contributed by atoms with Gasteiger partial charge < -0.3 is 10.1 Å². The zero-order valence-electron chi connectivity index (χ0n) is 11.3. The summed E-state index contributed by atoms with van der Waals surface area (Å²) in [4.78, 5) is 11.9. The number of ether oxygens (including phenoxy) is 1. The summed E-state index contributed by atoms with van der Waals surface area (Å²) in [6, 6.07) is 6.62. The van der Waals surface area contributed by atoms with E-state index >= 15 is 0 Å². The van der Waals surface area contributed by atoms with Crippen LogP contribution in [0.25, 0.3) is 0 Å². The van der Waals surface area contributed by atoms with Gasteiger partial charge in [-0.3, -0.25) is 4.79 Å². The quantitative estimate of drug-likeness (QED) is 0.905. The molecule has 1 heterocycles. The number of nitrogens with one attached hydrogen (secondary N) is 1. The summed E-state index contributed by atoms with van der Waals surface area (Å²) in [7, 11) is 0. The molecule has 1 aliphatic carbocycles. The average molecular weight is 259 g/mol. The van der Waals surface area contributed by atoms with Crippen molar-refractivity contribution in [1.82, 2.24) is 5.32 Å². The van der Waals surface area contributed by atoms with Crippen LogP contribution in [0.2, 0.25) is 0 Å². The van der Waals surface area contributed by atoms with Gasteiger partial charge in [-0.05, 0) is 55.2 Å². The molecule has 1 atom stereocenters. The summed E-state index contributed by atoms with van der Waals surface area (Å²) in [5, 5.41) is 2.98. The van der Waals surface area contributed by atoms with Crippen molar-refractivity contribution >= 4 is 5.91 Å². The van der Waals surface area contributed by atoms with E-state index in [4.69, 9.17) is 4.74 Å². The highest BCUT2D eigenvalue weighted by Crippen LogP contribution is 2.22. The molecular formula is C16H21NO2. The van der Waals surface area contributed by atoms with Crippen LogP contribution in [-0.2, 0) is 28.9 Å². The summed E-state index contributed by atoms with van der Waals surface area (Å²) >= 11 is 0. The molecular weight excluding hydrogens is 238 g/mol. The van der Waals surface area contributed by atoms with Gasteiger partial charge in [-0.25, -0.2) is 0 Å². The van der Waals surface area contributed by atoms with Crippen LogP contribution in [0.15, 0.2) is 18.2 Å². The highest BCUT2D eigenvalue weighted by molar-refractivity contribution is 5.80. The summed E-state index contributed by atoms with van der Waals surface area (Å²) in [6.07, 6.45) is 6.62. The number of hydrogen-bond acceptors (Lipinski definition) is 2. The normalized spacial score (nSPS) is 22.0. The van der Waals surface area contributed by atoms with E-state index in [9.17, 15) is 4.79 Å². The van der Waals surface area contributed by atoms with E-state index in [0.29, 0.717) is 6.54 Å². The lowest BCUT2D eigenvalue weighted by molar-refractivity contribution is -0.130. The molecule has 1 fully saturated rings. The molecule has 3 heteroatoms.